The molecular weight excluding hydrogens is 396 g/mol. The van der Waals surface area contributed by atoms with Gasteiger partial charge in [0.25, 0.3) is 0 Å². The molecule has 0 aromatic heterocycles. The molecule has 0 bridgehead atoms. The van der Waals surface area contributed by atoms with Crippen molar-refractivity contribution in [3.63, 3.8) is 0 Å². The summed E-state index contributed by atoms with van der Waals surface area (Å²) in [6.07, 6.45) is -1.83. The molecular formula is C20H32N2O8. The Kier molecular flexibility index (Phi) is 7.01. The molecule has 10 nitrogen and oxygen atoms in total. The molecule has 2 aliphatic rings. The molecule has 0 radical (unpaired) electrons. The molecule has 170 valence electrons. The summed E-state index contributed by atoms with van der Waals surface area (Å²) < 4.78 is 15.3. The van der Waals surface area contributed by atoms with Gasteiger partial charge in [0.05, 0.1) is 25.2 Å². The Bertz CT molecular complexity index is 703. The minimum Gasteiger partial charge on any atom is -0.466 e. The van der Waals surface area contributed by atoms with E-state index in [1.807, 2.05) is 0 Å². The second-order valence-corrected chi connectivity index (χ2v) is 8.70. The van der Waals surface area contributed by atoms with Crippen molar-refractivity contribution in [3.05, 3.63) is 0 Å². The number of esters is 2. The van der Waals surface area contributed by atoms with Gasteiger partial charge in [0.15, 0.2) is 0 Å². The van der Waals surface area contributed by atoms with Gasteiger partial charge in [-0.15, -0.1) is 0 Å². The van der Waals surface area contributed by atoms with Gasteiger partial charge < -0.3 is 30.0 Å². The highest BCUT2D eigenvalue weighted by atomic mass is 16.6. The number of hydrogen-bond donors (Lipinski definition) is 3. The Hall–Kier alpha value is -2.36. The average Bonchev–Trinajstić information content (AvgIpc) is 3.29. The summed E-state index contributed by atoms with van der Waals surface area (Å²) in [4.78, 5) is 49.8. The minimum atomic E-state index is -1.57. The topological polar surface area (TPSA) is 140 Å². The van der Waals surface area contributed by atoms with Crippen molar-refractivity contribution < 1.29 is 38.5 Å². The van der Waals surface area contributed by atoms with E-state index in [1.165, 1.54) is 6.92 Å². The van der Waals surface area contributed by atoms with Crippen molar-refractivity contribution in [1.82, 2.24) is 10.6 Å². The van der Waals surface area contributed by atoms with Crippen molar-refractivity contribution in [2.45, 2.75) is 71.2 Å². The van der Waals surface area contributed by atoms with Crippen molar-refractivity contribution >= 4 is 23.9 Å². The van der Waals surface area contributed by atoms with E-state index in [-0.39, 0.29) is 19.6 Å². The van der Waals surface area contributed by atoms with Crippen molar-refractivity contribution in [3.8, 4) is 0 Å². The second-order valence-electron chi connectivity index (χ2n) is 8.70. The maximum Gasteiger partial charge on any atom is 0.408 e. The van der Waals surface area contributed by atoms with E-state index in [2.05, 4.69) is 10.6 Å². The Morgan fingerprint density at radius 1 is 1.13 bits per heavy atom. The lowest BCUT2D eigenvalue weighted by Gasteiger charge is -2.32. The molecule has 0 unspecified atom stereocenters. The van der Waals surface area contributed by atoms with Crippen LogP contribution in [0.15, 0.2) is 0 Å². The predicted molar refractivity (Wildman–Crippen MR) is 104 cm³/mol. The van der Waals surface area contributed by atoms with Crippen molar-refractivity contribution in [2.24, 2.45) is 17.8 Å². The Balaban J connectivity index is 2.18. The molecule has 0 aromatic rings. The first kappa shape index (κ1) is 23.9. The zero-order chi connectivity index (χ0) is 22.9. The zero-order valence-electron chi connectivity index (χ0n) is 18.3. The lowest BCUT2D eigenvalue weighted by Crippen LogP contribution is -2.61. The number of rotatable bonds is 7. The van der Waals surface area contributed by atoms with E-state index in [0.29, 0.717) is 0 Å². The summed E-state index contributed by atoms with van der Waals surface area (Å²) >= 11 is 0. The number of carbonyl (C=O) groups excluding carboxylic acids is 4. The van der Waals surface area contributed by atoms with Gasteiger partial charge in [0.1, 0.15) is 17.2 Å². The first-order valence-corrected chi connectivity index (χ1v) is 10.2. The van der Waals surface area contributed by atoms with Crippen molar-refractivity contribution in [2.75, 3.05) is 13.2 Å². The van der Waals surface area contributed by atoms with Crippen LogP contribution < -0.4 is 10.6 Å². The van der Waals surface area contributed by atoms with E-state index in [9.17, 15) is 24.3 Å². The van der Waals surface area contributed by atoms with E-state index in [4.69, 9.17) is 14.2 Å². The summed E-state index contributed by atoms with van der Waals surface area (Å²) in [5, 5.41) is 15.5. The van der Waals surface area contributed by atoms with Gasteiger partial charge in [-0.1, -0.05) is 0 Å². The van der Waals surface area contributed by atoms with Gasteiger partial charge in [0, 0.05) is 18.3 Å². The first-order valence-electron chi connectivity index (χ1n) is 10.2. The van der Waals surface area contributed by atoms with Gasteiger partial charge in [-0.25, -0.2) is 9.59 Å². The molecule has 2 amide bonds. The van der Waals surface area contributed by atoms with Crippen LogP contribution in [0.5, 0.6) is 0 Å². The van der Waals surface area contributed by atoms with Crippen LogP contribution in [0.4, 0.5) is 4.79 Å². The van der Waals surface area contributed by atoms with Crippen LogP contribution in [-0.4, -0.2) is 65.5 Å². The molecule has 30 heavy (non-hydrogen) atoms. The number of aliphatic hydroxyl groups excluding tert-OH is 1. The molecule has 0 aromatic carbocycles. The highest BCUT2D eigenvalue weighted by Crippen LogP contribution is 2.63. The first-order chi connectivity index (χ1) is 13.9. The number of fused-ring (bicyclic) bond motifs is 1. The largest absolute Gasteiger partial charge is 0.466 e. The predicted octanol–water partition coefficient (Wildman–Crippen LogP) is 0.508. The Morgan fingerprint density at radius 3 is 2.27 bits per heavy atom. The van der Waals surface area contributed by atoms with Gasteiger partial charge >= 0.3 is 18.0 Å². The second kappa shape index (κ2) is 8.79. The zero-order valence-corrected chi connectivity index (χ0v) is 18.3. The normalized spacial score (nSPS) is 30.5. The molecule has 2 aliphatic carbocycles. The van der Waals surface area contributed by atoms with Crippen LogP contribution in [-0.2, 0) is 28.6 Å². The van der Waals surface area contributed by atoms with Gasteiger partial charge in [-0.05, 0) is 41.5 Å². The van der Waals surface area contributed by atoms with Crippen molar-refractivity contribution in [1.29, 1.82) is 0 Å². The highest BCUT2D eigenvalue weighted by Gasteiger charge is 2.76. The number of alkyl carbamates (subject to hydrolysis) is 1. The Morgan fingerprint density at radius 2 is 1.73 bits per heavy atom. The molecule has 6 atom stereocenters. The Labute approximate surface area is 176 Å². The van der Waals surface area contributed by atoms with Crippen LogP contribution in [0, 0.1) is 17.8 Å². The summed E-state index contributed by atoms with van der Waals surface area (Å²) in [5.41, 5.74) is -2.31. The van der Waals surface area contributed by atoms with Crippen LogP contribution in [0.1, 0.15) is 48.0 Å². The third kappa shape index (κ3) is 4.85. The maximum atomic E-state index is 12.8. The number of hydrogen-bond acceptors (Lipinski definition) is 8. The lowest BCUT2D eigenvalue weighted by atomic mass is 9.89. The molecule has 3 N–H and O–H groups in total. The number of nitrogens with one attached hydrogen (secondary N) is 2. The number of ether oxygens (including phenoxy) is 3. The van der Waals surface area contributed by atoms with Gasteiger partial charge in [-0.2, -0.15) is 0 Å². The van der Waals surface area contributed by atoms with E-state index in [0.717, 1.165) is 0 Å². The number of carbonyl (C=O) groups is 4. The van der Waals surface area contributed by atoms with E-state index < -0.39 is 65.0 Å². The summed E-state index contributed by atoms with van der Waals surface area (Å²) in [6.45, 7) is 10.0. The average molecular weight is 428 g/mol. The quantitative estimate of drug-likeness (QED) is 0.393. The molecule has 2 rings (SSSR count). The fourth-order valence-electron chi connectivity index (χ4n) is 4.14. The van der Waals surface area contributed by atoms with Gasteiger partial charge in [0.2, 0.25) is 5.91 Å². The van der Waals surface area contributed by atoms with Crippen LogP contribution in [0.2, 0.25) is 0 Å². The van der Waals surface area contributed by atoms with Crippen LogP contribution in [0.3, 0.4) is 0 Å². The third-order valence-electron chi connectivity index (χ3n) is 5.29. The number of amides is 2. The molecule has 2 saturated carbocycles. The van der Waals surface area contributed by atoms with Crippen LogP contribution >= 0.6 is 0 Å². The molecule has 0 spiro atoms. The fourth-order valence-corrected chi connectivity index (χ4v) is 4.14. The number of aliphatic hydroxyl groups is 1. The van der Waals surface area contributed by atoms with E-state index >= 15 is 0 Å². The molecule has 0 saturated heterocycles. The molecule has 0 heterocycles. The smallest absolute Gasteiger partial charge is 0.408 e. The minimum absolute atomic E-state index is 0.0692. The van der Waals surface area contributed by atoms with Crippen LogP contribution in [0.25, 0.3) is 0 Å². The summed E-state index contributed by atoms with van der Waals surface area (Å²) in [5.74, 6) is -3.73. The standard InChI is InChI=1S/C20H32N2O8/c1-7-28-16(25)13-12-11(23)9-20(14(12)13,17(26)29-8-2)22-15(24)10(3)21-18(27)30-19(4,5)6/h10-14,23H,7-9H2,1-6H3,(H,21,27)(H,22,24)/t10-,11-,12-,13-,14-,20-/m0/s1. The fraction of sp³-hybridized carbons (Fsp3) is 0.800. The third-order valence-corrected chi connectivity index (χ3v) is 5.29. The monoisotopic (exact) mass is 428 g/mol. The molecule has 0 aliphatic heterocycles. The highest BCUT2D eigenvalue weighted by molar-refractivity contribution is 5.94. The van der Waals surface area contributed by atoms with Gasteiger partial charge in [-0.3, -0.25) is 9.59 Å². The summed E-state index contributed by atoms with van der Waals surface area (Å²) in [6, 6.07) is -1.03. The maximum absolute atomic E-state index is 12.8. The molecule has 2 fully saturated rings. The van der Waals surface area contributed by atoms with E-state index in [1.54, 1.807) is 34.6 Å². The SMILES string of the molecule is CCOC(=O)[C@H]1[C@H]2[C@@H]1[C@](NC(=O)[C@H](C)NC(=O)OC(C)(C)C)(C(=O)OCC)C[C@@H]2O. The summed E-state index contributed by atoms with van der Waals surface area (Å²) in [7, 11) is 0. The molecule has 10 heteroatoms. The lowest BCUT2D eigenvalue weighted by molar-refractivity contribution is -0.156.